The predicted molar refractivity (Wildman–Crippen MR) is 56.0 cm³/mol. The number of aromatic nitrogens is 2. The van der Waals surface area contributed by atoms with Crippen molar-refractivity contribution in [2.45, 2.75) is 0 Å². The molecule has 2 N–H and O–H groups in total. The highest BCUT2D eigenvalue weighted by Gasteiger charge is 2.09. The van der Waals surface area contributed by atoms with Gasteiger partial charge in [0.1, 0.15) is 0 Å². The largest absolute Gasteiger partial charge is 0.478 e. The van der Waals surface area contributed by atoms with Crippen LogP contribution >= 0.6 is 0 Å². The number of fused-ring (bicyclic) bond motifs is 1. The average Bonchev–Trinajstić information content (AvgIpc) is 2.27. The summed E-state index contributed by atoms with van der Waals surface area (Å²) in [5.74, 6) is -0.494. The highest BCUT2D eigenvalue weighted by atomic mass is 16.4. The first kappa shape index (κ1) is 9.39. The van der Waals surface area contributed by atoms with Crippen LogP contribution < -0.4 is 5.32 Å². The first-order valence-electron chi connectivity index (χ1n) is 4.39. The van der Waals surface area contributed by atoms with Crippen LogP contribution in [-0.4, -0.2) is 28.1 Å². The molecule has 0 aliphatic rings. The van der Waals surface area contributed by atoms with Gasteiger partial charge < -0.3 is 10.4 Å². The van der Waals surface area contributed by atoms with Gasteiger partial charge >= 0.3 is 5.97 Å². The molecule has 0 aliphatic heterocycles. The van der Waals surface area contributed by atoms with E-state index in [1.807, 2.05) is 0 Å². The quantitative estimate of drug-likeness (QED) is 0.770. The zero-order valence-electron chi connectivity index (χ0n) is 8.06. The third-order valence-electron chi connectivity index (χ3n) is 2.08. The maximum absolute atomic E-state index is 10.9. The molecule has 0 aliphatic carbocycles. The van der Waals surface area contributed by atoms with Crippen molar-refractivity contribution in [2.75, 3.05) is 12.4 Å². The number of carbonyl (C=O) groups is 1. The number of nitrogens with zero attached hydrogens (tertiary/aromatic N) is 2. The molecule has 0 bridgehead atoms. The minimum absolute atomic E-state index is 0.218. The number of benzene rings is 1. The fourth-order valence-corrected chi connectivity index (χ4v) is 1.36. The van der Waals surface area contributed by atoms with Crippen LogP contribution in [0.1, 0.15) is 10.4 Å². The van der Waals surface area contributed by atoms with E-state index < -0.39 is 5.97 Å². The van der Waals surface area contributed by atoms with E-state index in [0.29, 0.717) is 16.9 Å². The Bertz CT molecular complexity index is 525. The van der Waals surface area contributed by atoms with Crippen LogP contribution in [0.5, 0.6) is 0 Å². The van der Waals surface area contributed by atoms with E-state index in [0.717, 1.165) is 0 Å². The molecule has 1 aromatic carbocycles. The normalized spacial score (nSPS) is 10.2. The maximum atomic E-state index is 10.9. The van der Waals surface area contributed by atoms with Crippen molar-refractivity contribution in [3.63, 3.8) is 0 Å². The fourth-order valence-electron chi connectivity index (χ4n) is 1.36. The summed E-state index contributed by atoms with van der Waals surface area (Å²) in [5, 5.41) is 12.3. The molecular formula is C10H9N3O2. The van der Waals surface area contributed by atoms with E-state index in [9.17, 15) is 4.79 Å². The number of hydrogen-bond acceptors (Lipinski definition) is 4. The number of rotatable bonds is 2. The lowest BCUT2D eigenvalue weighted by molar-refractivity contribution is 0.0699. The lowest BCUT2D eigenvalue weighted by Gasteiger charge is -2.03. The van der Waals surface area contributed by atoms with E-state index >= 15 is 0 Å². The molecule has 0 radical (unpaired) electrons. The summed E-state index contributed by atoms with van der Waals surface area (Å²) < 4.78 is 0. The topological polar surface area (TPSA) is 75.1 Å². The summed E-state index contributed by atoms with van der Waals surface area (Å²) in [6, 6.07) is 4.95. The van der Waals surface area contributed by atoms with Crippen LogP contribution in [0, 0.1) is 0 Å². The van der Waals surface area contributed by atoms with Crippen LogP contribution in [0.15, 0.2) is 24.4 Å². The zero-order valence-corrected chi connectivity index (χ0v) is 8.06. The number of anilines is 1. The number of carboxylic acids is 1. The first-order chi connectivity index (χ1) is 7.22. The van der Waals surface area contributed by atoms with Gasteiger partial charge in [0, 0.05) is 18.6 Å². The molecule has 76 valence electrons. The van der Waals surface area contributed by atoms with Gasteiger partial charge in [-0.15, -0.1) is 0 Å². The predicted octanol–water partition coefficient (Wildman–Crippen LogP) is 1.37. The van der Waals surface area contributed by atoms with Crippen LogP contribution in [0.2, 0.25) is 0 Å². The van der Waals surface area contributed by atoms with Crippen LogP contribution in [0.25, 0.3) is 10.9 Å². The highest BCUT2D eigenvalue weighted by molar-refractivity contribution is 6.02. The summed E-state index contributed by atoms with van der Waals surface area (Å²) in [7, 11) is 1.71. The van der Waals surface area contributed by atoms with Gasteiger partial charge in [-0.05, 0) is 12.1 Å². The monoisotopic (exact) mass is 203 g/mol. The Morgan fingerprint density at radius 1 is 1.47 bits per heavy atom. The summed E-state index contributed by atoms with van der Waals surface area (Å²) in [4.78, 5) is 19.0. The van der Waals surface area contributed by atoms with Gasteiger partial charge in [0.05, 0.1) is 11.1 Å². The number of hydrogen-bond donors (Lipinski definition) is 2. The number of nitrogens with one attached hydrogen (secondary N) is 1. The van der Waals surface area contributed by atoms with Gasteiger partial charge in [-0.1, -0.05) is 6.07 Å². The van der Waals surface area contributed by atoms with E-state index in [-0.39, 0.29) is 5.56 Å². The highest BCUT2D eigenvalue weighted by Crippen LogP contribution is 2.17. The maximum Gasteiger partial charge on any atom is 0.336 e. The van der Waals surface area contributed by atoms with Crippen LogP contribution in [0.4, 0.5) is 5.95 Å². The smallest absolute Gasteiger partial charge is 0.336 e. The Morgan fingerprint density at radius 2 is 2.27 bits per heavy atom. The standard InChI is InChI=1S/C10H9N3O2/c1-11-10-12-5-7-6(9(14)15)3-2-4-8(7)13-10/h2-5H,1H3,(H,14,15)(H,11,12,13). The number of carboxylic acid groups (broad SMARTS) is 1. The van der Waals surface area contributed by atoms with Crippen LogP contribution in [0.3, 0.4) is 0 Å². The summed E-state index contributed by atoms with van der Waals surface area (Å²) >= 11 is 0. The first-order valence-corrected chi connectivity index (χ1v) is 4.39. The Kier molecular flexibility index (Phi) is 2.21. The molecule has 0 spiro atoms. The molecular weight excluding hydrogens is 194 g/mol. The van der Waals surface area contributed by atoms with Gasteiger partial charge in [0.15, 0.2) is 0 Å². The van der Waals surface area contributed by atoms with Gasteiger partial charge in [-0.2, -0.15) is 0 Å². The molecule has 1 heterocycles. The third-order valence-corrected chi connectivity index (χ3v) is 2.08. The molecule has 0 saturated carbocycles. The Morgan fingerprint density at radius 3 is 2.93 bits per heavy atom. The average molecular weight is 203 g/mol. The van der Waals surface area contributed by atoms with Gasteiger partial charge in [-0.3, -0.25) is 0 Å². The van der Waals surface area contributed by atoms with Crippen molar-refractivity contribution >= 4 is 22.8 Å². The van der Waals surface area contributed by atoms with E-state index in [2.05, 4.69) is 15.3 Å². The Balaban J connectivity index is 2.72. The lowest BCUT2D eigenvalue weighted by atomic mass is 10.1. The van der Waals surface area contributed by atoms with Gasteiger partial charge in [0.25, 0.3) is 0 Å². The van der Waals surface area contributed by atoms with E-state index in [1.165, 1.54) is 12.3 Å². The SMILES string of the molecule is CNc1ncc2c(C(=O)O)cccc2n1. The molecule has 0 unspecified atom stereocenters. The molecule has 5 heteroatoms. The van der Waals surface area contributed by atoms with Gasteiger partial charge in [-0.25, -0.2) is 14.8 Å². The molecule has 1 aromatic heterocycles. The summed E-state index contributed by atoms with van der Waals surface area (Å²) in [5.41, 5.74) is 0.837. The molecule has 0 amide bonds. The lowest BCUT2D eigenvalue weighted by Crippen LogP contribution is -2.00. The van der Waals surface area contributed by atoms with Crippen molar-refractivity contribution in [1.29, 1.82) is 0 Å². The fraction of sp³-hybridized carbons (Fsp3) is 0.100. The minimum Gasteiger partial charge on any atom is -0.478 e. The Hall–Kier alpha value is -2.17. The molecule has 2 rings (SSSR count). The van der Waals surface area contributed by atoms with Gasteiger partial charge in [0.2, 0.25) is 5.95 Å². The molecule has 0 saturated heterocycles. The second-order valence-electron chi connectivity index (χ2n) is 2.99. The minimum atomic E-state index is -0.971. The molecule has 15 heavy (non-hydrogen) atoms. The molecule has 0 atom stereocenters. The molecule has 0 fully saturated rings. The molecule has 5 nitrogen and oxygen atoms in total. The van der Waals surface area contributed by atoms with Crippen molar-refractivity contribution in [1.82, 2.24) is 9.97 Å². The second-order valence-corrected chi connectivity index (χ2v) is 2.99. The Labute approximate surface area is 85.8 Å². The van der Waals surface area contributed by atoms with Crippen molar-refractivity contribution < 1.29 is 9.90 Å². The van der Waals surface area contributed by atoms with Crippen molar-refractivity contribution in [2.24, 2.45) is 0 Å². The zero-order chi connectivity index (χ0) is 10.8. The second kappa shape index (κ2) is 3.53. The number of aromatic carboxylic acids is 1. The van der Waals surface area contributed by atoms with Crippen molar-refractivity contribution in [3.8, 4) is 0 Å². The van der Waals surface area contributed by atoms with Crippen LogP contribution in [-0.2, 0) is 0 Å². The summed E-state index contributed by atoms with van der Waals surface area (Å²) in [6.07, 6.45) is 1.51. The van der Waals surface area contributed by atoms with E-state index in [1.54, 1.807) is 19.2 Å². The third kappa shape index (κ3) is 1.59. The van der Waals surface area contributed by atoms with Crippen molar-refractivity contribution in [3.05, 3.63) is 30.0 Å². The molecule has 2 aromatic rings. The van der Waals surface area contributed by atoms with E-state index in [4.69, 9.17) is 5.11 Å². The summed E-state index contributed by atoms with van der Waals surface area (Å²) in [6.45, 7) is 0.